The summed E-state index contributed by atoms with van der Waals surface area (Å²) in [5.74, 6) is -0.486. The van der Waals surface area contributed by atoms with E-state index in [1.54, 1.807) is 0 Å². The summed E-state index contributed by atoms with van der Waals surface area (Å²) >= 11 is 1.45. The van der Waals surface area contributed by atoms with Gasteiger partial charge in [-0.1, -0.05) is 12.8 Å². The number of pyridine rings is 1. The molecule has 0 unspecified atom stereocenters. The molecule has 134 valence electrons. The third kappa shape index (κ3) is 4.18. The molecule has 0 atom stereocenters. The molecule has 1 N–H and O–H groups in total. The van der Waals surface area contributed by atoms with Crippen LogP contribution in [0.1, 0.15) is 58.0 Å². The number of alkyl halides is 3. The number of rotatable bonds is 2. The summed E-state index contributed by atoms with van der Waals surface area (Å²) in [5, 5.41) is 3.20. The summed E-state index contributed by atoms with van der Waals surface area (Å²) in [6.07, 6.45) is 1.94. The Bertz CT molecular complexity index is 760. The van der Waals surface area contributed by atoms with Crippen molar-refractivity contribution in [2.75, 3.05) is 5.32 Å². The molecule has 0 saturated heterocycles. The second kappa shape index (κ2) is 7.11. The molecule has 1 aliphatic rings. The van der Waals surface area contributed by atoms with Crippen LogP contribution in [0.2, 0.25) is 0 Å². The number of hydrogen-bond acceptors (Lipinski definition) is 4. The van der Waals surface area contributed by atoms with Gasteiger partial charge in [0.2, 0.25) is 0 Å². The lowest BCUT2D eigenvalue weighted by Gasteiger charge is -2.09. The van der Waals surface area contributed by atoms with Crippen LogP contribution in [0.5, 0.6) is 0 Å². The molecule has 8 heteroatoms. The highest BCUT2D eigenvalue weighted by Gasteiger charge is 2.33. The summed E-state index contributed by atoms with van der Waals surface area (Å²) in [7, 11) is 0. The number of carbonyl (C=O) groups excluding carboxylic acids is 1. The van der Waals surface area contributed by atoms with Crippen molar-refractivity contribution in [1.82, 2.24) is 9.97 Å². The Kier molecular flexibility index (Phi) is 5.08. The Labute approximate surface area is 147 Å². The van der Waals surface area contributed by atoms with Crippen LogP contribution in [0.4, 0.5) is 18.3 Å². The second-order valence-electron chi connectivity index (χ2n) is 6.08. The van der Waals surface area contributed by atoms with E-state index in [2.05, 4.69) is 15.3 Å². The van der Waals surface area contributed by atoms with Gasteiger partial charge in [-0.05, 0) is 44.7 Å². The predicted octanol–water partition coefficient (Wildman–Crippen LogP) is 4.78. The molecule has 1 aliphatic carbocycles. The molecule has 1 amide bonds. The van der Waals surface area contributed by atoms with Gasteiger partial charge in [-0.25, -0.2) is 9.97 Å². The maximum atomic E-state index is 12.7. The van der Waals surface area contributed by atoms with Crippen LogP contribution in [-0.2, 0) is 19.0 Å². The molecule has 2 aromatic rings. The summed E-state index contributed by atoms with van der Waals surface area (Å²) in [6, 6.07) is 1.98. The van der Waals surface area contributed by atoms with E-state index >= 15 is 0 Å². The number of amides is 1. The lowest BCUT2D eigenvalue weighted by Crippen LogP contribution is -2.16. The highest BCUT2D eigenvalue weighted by atomic mass is 32.1. The Morgan fingerprint density at radius 3 is 2.52 bits per heavy atom. The standard InChI is InChI=1S/C17H18F3N3OS/c1-10-11(8-9-14(21-10)17(18,19)20)15(24)23-16-22-12-6-4-2-3-5-7-13(12)25-16/h8-9H,2-7H2,1H3,(H,22,23,24). The third-order valence-corrected chi connectivity index (χ3v) is 5.26. The zero-order valence-corrected chi connectivity index (χ0v) is 14.6. The van der Waals surface area contributed by atoms with Gasteiger partial charge in [0, 0.05) is 4.88 Å². The van der Waals surface area contributed by atoms with Gasteiger partial charge in [0.25, 0.3) is 5.91 Å². The van der Waals surface area contributed by atoms with Gasteiger partial charge in [0.1, 0.15) is 5.69 Å². The number of fused-ring (bicyclic) bond motifs is 1. The minimum atomic E-state index is -4.52. The molecule has 2 heterocycles. The molecule has 0 fully saturated rings. The van der Waals surface area contributed by atoms with Crippen molar-refractivity contribution < 1.29 is 18.0 Å². The number of hydrogen-bond donors (Lipinski definition) is 1. The van der Waals surface area contributed by atoms with Crippen LogP contribution in [0.15, 0.2) is 12.1 Å². The fraction of sp³-hybridized carbons (Fsp3) is 0.471. The Morgan fingerprint density at radius 1 is 1.12 bits per heavy atom. The normalized spacial score (nSPS) is 15.2. The van der Waals surface area contributed by atoms with E-state index in [1.165, 1.54) is 36.0 Å². The quantitative estimate of drug-likeness (QED) is 0.829. The monoisotopic (exact) mass is 369 g/mol. The Balaban J connectivity index is 1.77. The number of thiazole rings is 1. The van der Waals surface area contributed by atoms with Crippen molar-refractivity contribution in [3.8, 4) is 0 Å². The highest BCUT2D eigenvalue weighted by molar-refractivity contribution is 7.15. The van der Waals surface area contributed by atoms with Gasteiger partial charge in [0.05, 0.1) is 17.0 Å². The number of halogens is 3. The number of aryl methyl sites for hydroxylation is 3. The SMILES string of the molecule is Cc1nc(C(F)(F)F)ccc1C(=O)Nc1nc2c(s1)CCCCCC2. The van der Waals surface area contributed by atoms with Gasteiger partial charge in [-0.15, -0.1) is 11.3 Å². The number of carbonyl (C=O) groups is 1. The largest absolute Gasteiger partial charge is 0.433 e. The Morgan fingerprint density at radius 2 is 1.84 bits per heavy atom. The van der Waals surface area contributed by atoms with Crippen molar-refractivity contribution in [3.05, 3.63) is 39.7 Å². The van der Waals surface area contributed by atoms with Crippen molar-refractivity contribution in [1.29, 1.82) is 0 Å². The van der Waals surface area contributed by atoms with E-state index in [9.17, 15) is 18.0 Å². The molecule has 0 aliphatic heterocycles. The van der Waals surface area contributed by atoms with E-state index in [0.29, 0.717) is 5.13 Å². The maximum absolute atomic E-state index is 12.7. The average molecular weight is 369 g/mol. The van der Waals surface area contributed by atoms with Gasteiger partial charge >= 0.3 is 6.18 Å². The number of nitrogens with one attached hydrogen (secondary N) is 1. The number of anilines is 1. The molecule has 25 heavy (non-hydrogen) atoms. The van der Waals surface area contributed by atoms with Crippen LogP contribution in [0.3, 0.4) is 0 Å². The van der Waals surface area contributed by atoms with E-state index in [1.807, 2.05) is 0 Å². The molecule has 0 saturated carbocycles. The minimum Gasteiger partial charge on any atom is -0.298 e. The topological polar surface area (TPSA) is 54.9 Å². The molecule has 0 spiro atoms. The van der Waals surface area contributed by atoms with Crippen molar-refractivity contribution in [2.24, 2.45) is 0 Å². The molecular formula is C17H18F3N3OS. The average Bonchev–Trinajstić information content (AvgIpc) is 2.87. The molecule has 0 bridgehead atoms. The van der Waals surface area contributed by atoms with Gasteiger partial charge < -0.3 is 0 Å². The minimum absolute atomic E-state index is 0.0437. The smallest absolute Gasteiger partial charge is 0.298 e. The van der Waals surface area contributed by atoms with Gasteiger partial charge in [-0.2, -0.15) is 13.2 Å². The molecule has 4 nitrogen and oxygen atoms in total. The van der Waals surface area contributed by atoms with Gasteiger partial charge in [-0.3, -0.25) is 10.1 Å². The zero-order chi connectivity index (χ0) is 18.0. The zero-order valence-electron chi connectivity index (χ0n) is 13.7. The fourth-order valence-corrected chi connectivity index (χ4v) is 3.93. The van der Waals surface area contributed by atoms with Crippen LogP contribution in [0, 0.1) is 6.92 Å². The summed E-state index contributed by atoms with van der Waals surface area (Å²) < 4.78 is 38.0. The first-order valence-corrected chi connectivity index (χ1v) is 9.01. The number of nitrogens with zero attached hydrogens (tertiary/aromatic N) is 2. The first kappa shape index (κ1) is 17.8. The molecule has 0 aromatic carbocycles. The van der Waals surface area contributed by atoms with Crippen LogP contribution in [0.25, 0.3) is 0 Å². The molecule has 3 rings (SSSR count). The second-order valence-corrected chi connectivity index (χ2v) is 7.17. The lowest BCUT2D eigenvalue weighted by molar-refractivity contribution is -0.141. The van der Waals surface area contributed by atoms with Crippen LogP contribution in [-0.4, -0.2) is 15.9 Å². The van der Waals surface area contributed by atoms with Crippen LogP contribution >= 0.6 is 11.3 Å². The summed E-state index contributed by atoms with van der Waals surface area (Å²) in [6.45, 7) is 1.39. The van der Waals surface area contributed by atoms with E-state index in [-0.39, 0.29) is 11.3 Å². The summed E-state index contributed by atoms with van der Waals surface area (Å²) in [4.78, 5) is 21.6. The fourth-order valence-electron chi connectivity index (χ4n) is 2.88. The lowest BCUT2D eigenvalue weighted by atomic mass is 10.0. The van der Waals surface area contributed by atoms with Crippen molar-refractivity contribution in [3.63, 3.8) is 0 Å². The highest BCUT2D eigenvalue weighted by Crippen LogP contribution is 2.30. The van der Waals surface area contributed by atoms with Crippen molar-refractivity contribution in [2.45, 2.75) is 51.6 Å². The van der Waals surface area contributed by atoms with Crippen LogP contribution < -0.4 is 5.32 Å². The molecule has 0 radical (unpaired) electrons. The molecular weight excluding hydrogens is 351 g/mol. The number of aromatic nitrogens is 2. The van der Waals surface area contributed by atoms with E-state index in [4.69, 9.17) is 0 Å². The Hall–Kier alpha value is -1.96. The van der Waals surface area contributed by atoms with Gasteiger partial charge in [0.15, 0.2) is 5.13 Å². The van der Waals surface area contributed by atoms with E-state index in [0.717, 1.165) is 43.5 Å². The maximum Gasteiger partial charge on any atom is 0.433 e. The first-order valence-electron chi connectivity index (χ1n) is 8.19. The third-order valence-electron chi connectivity index (χ3n) is 4.19. The molecule has 2 aromatic heterocycles. The summed E-state index contributed by atoms with van der Waals surface area (Å²) in [5.41, 5.74) is 0.193. The van der Waals surface area contributed by atoms with Crippen molar-refractivity contribution >= 4 is 22.4 Å². The predicted molar refractivity (Wildman–Crippen MR) is 89.9 cm³/mol. The first-order chi connectivity index (χ1) is 11.8. The van der Waals surface area contributed by atoms with E-state index < -0.39 is 17.8 Å².